The van der Waals surface area contributed by atoms with Gasteiger partial charge in [-0.25, -0.2) is 4.79 Å². The first-order valence-corrected chi connectivity index (χ1v) is 8.29. The molecule has 0 aliphatic carbocycles. The van der Waals surface area contributed by atoms with Gasteiger partial charge in [-0.3, -0.25) is 14.3 Å². The Morgan fingerprint density at radius 2 is 2.05 bits per heavy atom. The van der Waals surface area contributed by atoms with Crippen LogP contribution in [0, 0.1) is 0 Å². The van der Waals surface area contributed by atoms with Crippen LogP contribution in [0.4, 0.5) is 0 Å². The number of benzene rings is 1. The zero-order valence-corrected chi connectivity index (χ0v) is 12.9. The van der Waals surface area contributed by atoms with Crippen LogP contribution >= 0.6 is 23.4 Å². The van der Waals surface area contributed by atoms with Crippen LogP contribution in [0.1, 0.15) is 12.8 Å². The minimum Gasteiger partial charge on any atom is -0.297 e. The number of nitrogens with zero attached hydrogens (tertiary/aromatic N) is 1. The van der Waals surface area contributed by atoms with Crippen LogP contribution in [-0.4, -0.2) is 20.6 Å². The third-order valence-corrected chi connectivity index (χ3v) is 5.28. The van der Waals surface area contributed by atoms with Gasteiger partial charge in [0.15, 0.2) is 0 Å². The lowest BCUT2D eigenvalue weighted by Gasteiger charge is -2.12. The van der Waals surface area contributed by atoms with E-state index < -0.39 is 5.69 Å². The van der Waals surface area contributed by atoms with Crippen molar-refractivity contribution in [2.45, 2.75) is 24.6 Å². The Morgan fingerprint density at radius 1 is 1.29 bits per heavy atom. The van der Waals surface area contributed by atoms with Crippen molar-refractivity contribution in [3.05, 3.63) is 56.3 Å². The highest BCUT2D eigenvalue weighted by atomic mass is 35.5. The van der Waals surface area contributed by atoms with E-state index in [1.165, 1.54) is 4.57 Å². The summed E-state index contributed by atoms with van der Waals surface area (Å²) < 4.78 is 1.27. The first-order valence-electron chi connectivity index (χ1n) is 6.86. The molecule has 0 spiro atoms. The summed E-state index contributed by atoms with van der Waals surface area (Å²) in [6.45, 7) is 0.440. The van der Waals surface area contributed by atoms with Crippen molar-refractivity contribution in [2.75, 3.05) is 5.75 Å². The van der Waals surface area contributed by atoms with E-state index in [1.807, 2.05) is 42.1 Å². The molecular weight excluding hydrogens is 308 g/mol. The van der Waals surface area contributed by atoms with Crippen molar-refractivity contribution >= 4 is 23.4 Å². The molecule has 1 aromatic carbocycles. The molecule has 0 amide bonds. The van der Waals surface area contributed by atoms with Crippen LogP contribution < -0.4 is 11.2 Å². The summed E-state index contributed by atoms with van der Waals surface area (Å²) in [6.07, 6.45) is 2.18. The van der Waals surface area contributed by atoms with Gasteiger partial charge in [-0.15, -0.1) is 0 Å². The summed E-state index contributed by atoms with van der Waals surface area (Å²) in [7, 11) is 0. The van der Waals surface area contributed by atoms with Gasteiger partial charge in [0.2, 0.25) is 0 Å². The molecule has 2 heterocycles. The standard InChI is InChI=1S/C15H15ClN2O2S/c16-13-12(10-5-2-1-3-6-10)14(19)18(15(20)17-13)9-11-7-4-8-21-11/h1-3,5-6,11H,4,7-9H2,(H,17,20). The first kappa shape index (κ1) is 14.5. The van der Waals surface area contributed by atoms with Crippen LogP contribution in [0.15, 0.2) is 39.9 Å². The maximum Gasteiger partial charge on any atom is 0.329 e. The number of halogens is 1. The fourth-order valence-electron chi connectivity index (χ4n) is 2.56. The molecule has 6 heteroatoms. The maximum absolute atomic E-state index is 12.6. The molecule has 3 rings (SSSR count). The minimum atomic E-state index is -0.433. The quantitative estimate of drug-likeness (QED) is 0.884. The second-order valence-electron chi connectivity index (χ2n) is 5.04. The lowest BCUT2D eigenvalue weighted by Crippen LogP contribution is -2.38. The van der Waals surface area contributed by atoms with Crippen molar-refractivity contribution in [3.8, 4) is 11.1 Å². The Morgan fingerprint density at radius 3 is 2.71 bits per heavy atom. The zero-order valence-electron chi connectivity index (χ0n) is 11.3. The minimum absolute atomic E-state index is 0.103. The van der Waals surface area contributed by atoms with Crippen LogP contribution in [0.25, 0.3) is 11.1 Å². The molecule has 1 fully saturated rings. The van der Waals surface area contributed by atoms with Crippen molar-refractivity contribution < 1.29 is 0 Å². The Balaban J connectivity index is 2.09. The van der Waals surface area contributed by atoms with E-state index in [0.29, 0.717) is 17.4 Å². The van der Waals surface area contributed by atoms with Crippen molar-refractivity contribution in [1.82, 2.24) is 9.55 Å². The van der Waals surface area contributed by atoms with Gasteiger partial charge in [0.05, 0.1) is 5.56 Å². The Labute approximate surface area is 131 Å². The van der Waals surface area contributed by atoms with Gasteiger partial charge in [-0.2, -0.15) is 11.8 Å². The SMILES string of the molecule is O=c1[nH]c(Cl)c(-c2ccccc2)c(=O)n1CC1CCCS1. The van der Waals surface area contributed by atoms with E-state index in [9.17, 15) is 9.59 Å². The fourth-order valence-corrected chi connectivity index (χ4v) is 4.08. The average molecular weight is 323 g/mol. The molecule has 1 saturated heterocycles. The largest absolute Gasteiger partial charge is 0.329 e. The molecule has 2 aromatic rings. The molecule has 0 bridgehead atoms. The van der Waals surface area contributed by atoms with E-state index in [2.05, 4.69) is 4.98 Å². The summed E-state index contributed by atoms with van der Waals surface area (Å²) >= 11 is 7.90. The van der Waals surface area contributed by atoms with Crippen LogP contribution in [0.3, 0.4) is 0 Å². The summed E-state index contributed by atoms with van der Waals surface area (Å²) in [4.78, 5) is 27.3. The molecule has 1 aliphatic rings. The van der Waals surface area contributed by atoms with Gasteiger partial charge in [0.1, 0.15) is 5.15 Å². The highest BCUT2D eigenvalue weighted by Crippen LogP contribution is 2.27. The molecule has 110 valence electrons. The van der Waals surface area contributed by atoms with E-state index in [1.54, 1.807) is 0 Å². The smallest absolute Gasteiger partial charge is 0.297 e. The third kappa shape index (κ3) is 2.94. The van der Waals surface area contributed by atoms with Crippen molar-refractivity contribution in [1.29, 1.82) is 0 Å². The summed E-state index contributed by atoms with van der Waals surface area (Å²) in [5.41, 5.74) is 0.330. The molecule has 1 aliphatic heterocycles. The monoisotopic (exact) mass is 322 g/mol. The number of hydrogen-bond acceptors (Lipinski definition) is 3. The number of aromatic nitrogens is 2. The topological polar surface area (TPSA) is 54.9 Å². The van der Waals surface area contributed by atoms with Gasteiger partial charge in [-0.05, 0) is 24.2 Å². The molecule has 1 atom stereocenters. The van der Waals surface area contributed by atoms with Crippen molar-refractivity contribution in [2.24, 2.45) is 0 Å². The molecule has 21 heavy (non-hydrogen) atoms. The maximum atomic E-state index is 12.6. The van der Waals surface area contributed by atoms with E-state index >= 15 is 0 Å². The van der Waals surface area contributed by atoms with Crippen molar-refractivity contribution in [3.63, 3.8) is 0 Å². The Kier molecular flexibility index (Phi) is 4.22. The molecule has 4 nitrogen and oxygen atoms in total. The molecule has 0 saturated carbocycles. The van der Waals surface area contributed by atoms with Crippen LogP contribution in [0.2, 0.25) is 5.15 Å². The lowest BCUT2D eigenvalue weighted by molar-refractivity contribution is 0.592. The Bertz CT molecular complexity index is 749. The molecule has 0 radical (unpaired) electrons. The number of hydrogen-bond donors (Lipinski definition) is 1. The second-order valence-corrected chi connectivity index (χ2v) is 6.82. The third-order valence-electron chi connectivity index (χ3n) is 3.61. The predicted octanol–water partition coefficient (Wildman–Crippen LogP) is 2.75. The number of thioether (sulfide) groups is 1. The fraction of sp³-hybridized carbons (Fsp3) is 0.333. The Hall–Kier alpha value is -1.46. The second kappa shape index (κ2) is 6.12. The molecule has 1 unspecified atom stereocenters. The number of nitrogens with one attached hydrogen (secondary N) is 1. The average Bonchev–Trinajstić information content (AvgIpc) is 2.97. The normalized spacial score (nSPS) is 18.0. The van der Waals surface area contributed by atoms with Gasteiger partial charge in [-0.1, -0.05) is 41.9 Å². The molecule has 1 aromatic heterocycles. The summed E-state index contributed by atoms with van der Waals surface area (Å²) in [5.74, 6) is 1.09. The van der Waals surface area contributed by atoms with Gasteiger partial charge >= 0.3 is 5.69 Å². The molecular formula is C15H15ClN2O2S. The predicted molar refractivity (Wildman–Crippen MR) is 87.2 cm³/mol. The lowest BCUT2D eigenvalue weighted by atomic mass is 10.1. The number of H-pyrrole nitrogens is 1. The van der Waals surface area contributed by atoms with Gasteiger partial charge in [0.25, 0.3) is 5.56 Å². The van der Waals surface area contributed by atoms with E-state index in [0.717, 1.165) is 24.2 Å². The number of aromatic amines is 1. The highest BCUT2D eigenvalue weighted by molar-refractivity contribution is 8.00. The highest BCUT2D eigenvalue weighted by Gasteiger charge is 2.20. The van der Waals surface area contributed by atoms with Crippen LogP contribution in [0.5, 0.6) is 0 Å². The van der Waals surface area contributed by atoms with E-state index in [-0.39, 0.29) is 10.7 Å². The van der Waals surface area contributed by atoms with Gasteiger partial charge in [0, 0.05) is 11.8 Å². The zero-order chi connectivity index (χ0) is 14.8. The number of rotatable bonds is 3. The van der Waals surface area contributed by atoms with Crippen LogP contribution in [-0.2, 0) is 6.54 Å². The first-order chi connectivity index (χ1) is 10.2. The summed E-state index contributed by atoms with van der Waals surface area (Å²) in [6, 6.07) is 9.18. The van der Waals surface area contributed by atoms with E-state index in [4.69, 9.17) is 11.6 Å². The molecule has 1 N–H and O–H groups in total. The summed E-state index contributed by atoms with van der Waals surface area (Å²) in [5, 5.41) is 0.431. The van der Waals surface area contributed by atoms with Gasteiger partial charge < -0.3 is 0 Å².